The molecule has 9 heteroatoms. The van der Waals surface area contributed by atoms with Gasteiger partial charge in [0.25, 0.3) is 0 Å². The van der Waals surface area contributed by atoms with Gasteiger partial charge in [0.05, 0.1) is 13.2 Å². The number of hydrogen-bond donors (Lipinski definition) is 2. The number of rotatable bonds is 11. The number of carbonyl (C=O) groups excluding carboxylic acids is 2. The summed E-state index contributed by atoms with van der Waals surface area (Å²) in [6.45, 7) is 1.56. The van der Waals surface area contributed by atoms with E-state index in [0.717, 1.165) is 16.7 Å². The summed E-state index contributed by atoms with van der Waals surface area (Å²) in [5.74, 6) is -0.499. The molecule has 5 atom stereocenters. The van der Waals surface area contributed by atoms with Crippen molar-refractivity contribution < 1.29 is 38.4 Å². The van der Waals surface area contributed by atoms with Gasteiger partial charge in [0, 0.05) is 6.92 Å². The Kier molecular flexibility index (Phi) is 10.4. The molecular formula is C30H33NO8. The number of esters is 1. The van der Waals surface area contributed by atoms with Crippen LogP contribution in [0.2, 0.25) is 0 Å². The highest BCUT2D eigenvalue weighted by atomic mass is 16.7. The number of alkyl carbamates (subject to hydrolysis) is 1. The molecule has 3 aromatic rings. The molecule has 2 N–H and O–H groups in total. The van der Waals surface area contributed by atoms with Crippen molar-refractivity contribution >= 4 is 12.1 Å². The lowest BCUT2D eigenvalue weighted by Gasteiger charge is -2.44. The van der Waals surface area contributed by atoms with E-state index in [2.05, 4.69) is 5.32 Å². The van der Waals surface area contributed by atoms with Crippen LogP contribution in [-0.4, -0.2) is 54.4 Å². The Morgan fingerprint density at radius 2 is 1.23 bits per heavy atom. The van der Waals surface area contributed by atoms with Gasteiger partial charge in [0.2, 0.25) is 0 Å². The molecule has 0 aromatic heterocycles. The molecule has 1 saturated heterocycles. The number of nitrogens with one attached hydrogen (secondary N) is 1. The van der Waals surface area contributed by atoms with Crippen molar-refractivity contribution in [3.63, 3.8) is 0 Å². The van der Waals surface area contributed by atoms with Crippen molar-refractivity contribution in [3.05, 3.63) is 108 Å². The first-order valence-corrected chi connectivity index (χ1v) is 12.7. The second-order valence-electron chi connectivity index (χ2n) is 9.12. The highest BCUT2D eigenvalue weighted by molar-refractivity contribution is 5.68. The van der Waals surface area contributed by atoms with Crippen molar-refractivity contribution in [3.8, 4) is 0 Å². The van der Waals surface area contributed by atoms with Gasteiger partial charge >= 0.3 is 12.1 Å². The number of ether oxygens (including phenoxy) is 5. The average Bonchev–Trinajstić information content (AvgIpc) is 2.96. The molecule has 4 rings (SSSR count). The molecule has 206 valence electrons. The van der Waals surface area contributed by atoms with E-state index in [9.17, 15) is 14.7 Å². The lowest BCUT2D eigenvalue weighted by Crippen LogP contribution is -2.65. The molecule has 1 amide bonds. The van der Waals surface area contributed by atoms with Crippen LogP contribution >= 0.6 is 0 Å². The van der Waals surface area contributed by atoms with Gasteiger partial charge in [-0.2, -0.15) is 0 Å². The first kappa shape index (κ1) is 28.3. The molecule has 0 spiro atoms. The molecular weight excluding hydrogens is 502 g/mol. The number of benzene rings is 3. The Labute approximate surface area is 227 Å². The summed E-state index contributed by atoms with van der Waals surface area (Å²) in [5.41, 5.74) is 2.61. The van der Waals surface area contributed by atoms with Gasteiger partial charge in [-0.1, -0.05) is 91.0 Å². The molecule has 0 unspecified atom stereocenters. The van der Waals surface area contributed by atoms with Crippen molar-refractivity contribution in [2.45, 2.75) is 57.4 Å². The Morgan fingerprint density at radius 1 is 0.744 bits per heavy atom. The number of hydrogen-bond acceptors (Lipinski definition) is 8. The van der Waals surface area contributed by atoms with Crippen molar-refractivity contribution in [1.29, 1.82) is 0 Å². The maximum atomic E-state index is 12.8. The summed E-state index contributed by atoms with van der Waals surface area (Å²) in [6.07, 6.45) is -4.77. The third-order valence-electron chi connectivity index (χ3n) is 6.18. The first-order chi connectivity index (χ1) is 19.0. The Balaban J connectivity index is 1.54. The van der Waals surface area contributed by atoms with Crippen LogP contribution in [0.25, 0.3) is 0 Å². The fourth-order valence-electron chi connectivity index (χ4n) is 4.24. The van der Waals surface area contributed by atoms with Gasteiger partial charge < -0.3 is 34.1 Å². The summed E-state index contributed by atoms with van der Waals surface area (Å²) in [5, 5.41) is 13.6. The zero-order valence-electron chi connectivity index (χ0n) is 21.7. The Hall–Kier alpha value is -3.76. The summed E-state index contributed by atoms with van der Waals surface area (Å²) in [6, 6.07) is 27.2. The molecule has 9 nitrogen and oxygen atoms in total. The monoisotopic (exact) mass is 535 g/mol. The lowest BCUT2D eigenvalue weighted by atomic mass is 9.96. The minimum absolute atomic E-state index is 0.0505. The fraction of sp³-hybridized carbons (Fsp3) is 0.333. The normalized spacial score (nSPS) is 22.6. The maximum absolute atomic E-state index is 12.8. The van der Waals surface area contributed by atoms with E-state index in [1.54, 1.807) is 0 Å². The van der Waals surface area contributed by atoms with Crippen LogP contribution in [0, 0.1) is 0 Å². The topological polar surface area (TPSA) is 113 Å². The van der Waals surface area contributed by atoms with Crippen molar-refractivity contribution in [2.24, 2.45) is 0 Å². The summed E-state index contributed by atoms with van der Waals surface area (Å²) < 4.78 is 28.9. The zero-order valence-corrected chi connectivity index (χ0v) is 21.7. The average molecular weight is 536 g/mol. The van der Waals surface area contributed by atoms with Crippen LogP contribution in [0.1, 0.15) is 23.6 Å². The molecule has 1 fully saturated rings. The Morgan fingerprint density at radius 3 is 1.74 bits per heavy atom. The molecule has 1 heterocycles. The number of amides is 1. The standard InChI is InChI=1S/C30H33NO8/c1-21(32)35-20-25-27(36-17-22-11-5-2-6-12-22)28(37-18-23-13-7-3-8-14-23)26(29(33)39-25)31-30(34)38-19-24-15-9-4-10-16-24/h2-16,25-29,33H,17-20H2,1H3,(H,31,34)/t25-,26-,27-,28-,29+/m1/s1. The van der Waals surface area contributed by atoms with E-state index < -0.39 is 42.7 Å². The first-order valence-electron chi connectivity index (χ1n) is 12.7. The van der Waals surface area contributed by atoms with Gasteiger partial charge in [0.15, 0.2) is 6.29 Å². The minimum Gasteiger partial charge on any atom is -0.463 e. The molecule has 1 aliphatic rings. The molecule has 0 bridgehead atoms. The molecule has 1 aliphatic heterocycles. The predicted molar refractivity (Wildman–Crippen MR) is 141 cm³/mol. The van der Waals surface area contributed by atoms with Crippen molar-refractivity contribution in [1.82, 2.24) is 5.32 Å². The van der Waals surface area contributed by atoms with Gasteiger partial charge in [-0.15, -0.1) is 0 Å². The molecule has 0 radical (unpaired) electrons. The number of aliphatic hydroxyl groups excluding tert-OH is 1. The zero-order chi connectivity index (χ0) is 27.5. The van der Waals surface area contributed by atoms with Crippen LogP contribution < -0.4 is 5.32 Å². The van der Waals surface area contributed by atoms with Crippen LogP contribution in [0.15, 0.2) is 91.0 Å². The number of carbonyl (C=O) groups is 2. The lowest BCUT2D eigenvalue weighted by molar-refractivity contribution is -0.275. The molecule has 0 saturated carbocycles. The smallest absolute Gasteiger partial charge is 0.407 e. The molecule has 3 aromatic carbocycles. The second kappa shape index (κ2) is 14.4. The second-order valence-corrected chi connectivity index (χ2v) is 9.12. The van der Waals surface area contributed by atoms with Gasteiger partial charge in [-0.3, -0.25) is 4.79 Å². The molecule has 0 aliphatic carbocycles. The van der Waals surface area contributed by atoms with Gasteiger partial charge in [-0.05, 0) is 16.7 Å². The summed E-state index contributed by atoms with van der Waals surface area (Å²) >= 11 is 0. The molecule has 39 heavy (non-hydrogen) atoms. The van der Waals surface area contributed by atoms with E-state index in [-0.39, 0.29) is 26.4 Å². The minimum atomic E-state index is -1.48. The van der Waals surface area contributed by atoms with Gasteiger partial charge in [0.1, 0.15) is 37.6 Å². The third-order valence-corrected chi connectivity index (χ3v) is 6.18. The summed E-state index contributed by atoms with van der Waals surface area (Å²) in [7, 11) is 0. The number of aliphatic hydroxyl groups is 1. The van der Waals surface area contributed by atoms with E-state index in [0.29, 0.717) is 0 Å². The fourth-order valence-corrected chi connectivity index (χ4v) is 4.24. The predicted octanol–water partition coefficient (Wildman–Crippen LogP) is 3.73. The van der Waals surface area contributed by atoms with E-state index in [1.165, 1.54) is 6.92 Å². The summed E-state index contributed by atoms with van der Waals surface area (Å²) in [4.78, 5) is 24.3. The van der Waals surface area contributed by atoms with E-state index in [1.807, 2.05) is 91.0 Å². The van der Waals surface area contributed by atoms with Crippen LogP contribution in [0.4, 0.5) is 4.79 Å². The van der Waals surface area contributed by atoms with E-state index >= 15 is 0 Å². The van der Waals surface area contributed by atoms with E-state index in [4.69, 9.17) is 23.7 Å². The third kappa shape index (κ3) is 8.62. The largest absolute Gasteiger partial charge is 0.463 e. The SMILES string of the molecule is CC(=O)OC[C@H]1O[C@H](O)[C@H](NC(=O)OCc2ccccc2)[C@@H](OCc2ccccc2)[C@@H]1OCc1ccccc1. The van der Waals surface area contributed by atoms with Crippen LogP contribution in [0.5, 0.6) is 0 Å². The maximum Gasteiger partial charge on any atom is 0.407 e. The van der Waals surface area contributed by atoms with Crippen LogP contribution in [0.3, 0.4) is 0 Å². The van der Waals surface area contributed by atoms with Gasteiger partial charge in [-0.25, -0.2) is 4.79 Å². The highest BCUT2D eigenvalue weighted by Gasteiger charge is 2.48. The highest BCUT2D eigenvalue weighted by Crippen LogP contribution is 2.27. The Bertz CT molecular complexity index is 1160. The van der Waals surface area contributed by atoms with Crippen molar-refractivity contribution in [2.75, 3.05) is 6.61 Å². The van der Waals surface area contributed by atoms with Crippen LogP contribution in [-0.2, 0) is 48.3 Å². The quantitative estimate of drug-likeness (QED) is 0.357.